The fourth-order valence-electron chi connectivity index (χ4n) is 1.88. The third kappa shape index (κ3) is 2.98. The van der Waals surface area contributed by atoms with Gasteiger partial charge < -0.3 is 5.32 Å². The first-order chi connectivity index (χ1) is 9.92. The molecule has 0 atom stereocenters. The molecule has 0 aliphatic heterocycles. The van der Waals surface area contributed by atoms with Crippen LogP contribution in [0.2, 0.25) is 0 Å². The van der Waals surface area contributed by atoms with E-state index in [1.807, 2.05) is 48.5 Å². The van der Waals surface area contributed by atoms with Crippen molar-refractivity contribution in [3.8, 4) is 11.4 Å². The van der Waals surface area contributed by atoms with Gasteiger partial charge in [0.25, 0.3) is 0 Å². The fourth-order valence-corrected chi connectivity index (χ4v) is 1.88. The number of rotatable bonds is 4. The van der Waals surface area contributed by atoms with Crippen molar-refractivity contribution in [2.45, 2.75) is 6.54 Å². The molecule has 4 nitrogen and oxygen atoms in total. The lowest BCUT2D eigenvalue weighted by atomic mass is 10.2. The second-order valence-electron chi connectivity index (χ2n) is 4.34. The number of nitrogens with zero attached hydrogens (tertiary/aromatic N) is 3. The molecule has 20 heavy (non-hydrogen) atoms. The summed E-state index contributed by atoms with van der Waals surface area (Å²) in [5.41, 5.74) is 2.18. The van der Waals surface area contributed by atoms with Gasteiger partial charge in [-0.1, -0.05) is 30.3 Å². The second kappa shape index (κ2) is 5.93. The van der Waals surface area contributed by atoms with E-state index in [-0.39, 0.29) is 0 Å². The summed E-state index contributed by atoms with van der Waals surface area (Å²) >= 11 is 0. The molecule has 1 aromatic carbocycles. The molecule has 0 bridgehead atoms. The van der Waals surface area contributed by atoms with Gasteiger partial charge >= 0.3 is 0 Å². The summed E-state index contributed by atoms with van der Waals surface area (Å²) < 4.78 is 0. The van der Waals surface area contributed by atoms with E-state index in [2.05, 4.69) is 20.3 Å². The van der Waals surface area contributed by atoms with E-state index in [4.69, 9.17) is 0 Å². The summed E-state index contributed by atoms with van der Waals surface area (Å²) in [4.78, 5) is 12.8. The largest absolute Gasteiger partial charge is 0.366 e. The molecule has 0 radical (unpaired) electrons. The highest BCUT2D eigenvalue weighted by molar-refractivity contribution is 5.56. The molecule has 2 heterocycles. The third-order valence-corrected chi connectivity index (χ3v) is 2.91. The fraction of sp³-hybridized carbons (Fsp3) is 0.0625. The van der Waals surface area contributed by atoms with Crippen molar-refractivity contribution < 1.29 is 0 Å². The first kappa shape index (κ1) is 12.3. The van der Waals surface area contributed by atoms with Crippen LogP contribution in [0.15, 0.2) is 67.1 Å². The summed E-state index contributed by atoms with van der Waals surface area (Å²) in [6.45, 7) is 0.716. The monoisotopic (exact) mass is 262 g/mol. The van der Waals surface area contributed by atoms with E-state index < -0.39 is 0 Å². The van der Waals surface area contributed by atoms with Gasteiger partial charge in [-0.15, -0.1) is 0 Å². The van der Waals surface area contributed by atoms with Gasteiger partial charge in [-0.25, -0.2) is 9.97 Å². The van der Waals surface area contributed by atoms with Gasteiger partial charge in [-0.3, -0.25) is 4.98 Å². The number of nitrogens with one attached hydrogen (secondary N) is 1. The first-order valence-corrected chi connectivity index (χ1v) is 6.43. The lowest BCUT2D eigenvalue weighted by Crippen LogP contribution is -2.02. The predicted molar refractivity (Wildman–Crippen MR) is 79.0 cm³/mol. The van der Waals surface area contributed by atoms with Crippen molar-refractivity contribution >= 4 is 5.82 Å². The molecule has 98 valence electrons. The number of anilines is 1. The molecule has 4 heteroatoms. The maximum absolute atomic E-state index is 4.52. The molecule has 0 spiro atoms. The Morgan fingerprint density at radius 2 is 1.65 bits per heavy atom. The van der Waals surface area contributed by atoms with Crippen molar-refractivity contribution in [1.82, 2.24) is 15.0 Å². The SMILES string of the molecule is c1ccc(-c2nccc(NCc3ccncc3)n2)cc1. The van der Waals surface area contributed by atoms with Gasteiger partial charge in [0.05, 0.1) is 0 Å². The minimum Gasteiger partial charge on any atom is -0.366 e. The molecule has 0 aliphatic rings. The molecule has 3 rings (SSSR count). The van der Waals surface area contributed by atoms with Crippen molar-refractivity contribution in [3.63, 3.8) is 0 Å². The van der Waals surface area contributed by atoms with E-state index in [0.717, 1.165) is 17.2 Å². The van der Waals surface area contributed by atoms with Crippen molar-refractivity contribution in [3.05, 3.63) is 72.7 Å². The van der Waals surface area contributed by atoms with Crippen LogP contribution in [0, 0.1) is 0 Å². The van der Waals surface area contributed by atoms with Crippen LogP contribution >= 0.6 is 0 Å². The zero-order valence-electron chi connectivity index (χ0n) is 10.9. The minimum atomic E-state index is 0.716. The Kier molecular flexibility index (Phi) is 3.64. The molecule has 0 saturated heterocycles. The second-order valence-corrected chi connectivity index (χ2v) is 4.34. The van der Waals surface area contributed by atoms with Crippen molar-refractivity contribution in [2.24, 2.45) is 0 Å². The smallest absolute Gasteiger partial charge is 0.161 e. The molecular weight excluding hydrogens is 248 g/mol. The maximum atomic E-state index is 4.52. The number of hydrogen-bond donors (Lipinski definition) is 1. The van der Waals surface area contributed by atoms with Crippen LogP contribution in [0.25, 0.3) is 11.4 Å². The van der Waals surface area contributed by atoms with Crippen LogP contribution < -0.4 is 5.32 Å². The summed E-state index contributed by atoms with van der Waals surface area (Å²) in [6, 6.07) is 15.8. The Bertz CT molecular complexity index is 668. The van der Waals surface area contributed by atoms with E-state index in [0.29, 0.717) is 6.54 Å². The Morgan fingerprint density at radius 1 is 0.850 bits per heavy atom. The number of benzene rings is 1. The molecule has 0 amide bonds. The highest BCUT2D eigenvalue weighted by atomic mass is 15.0. The van der Waals surface area contributed by atoms with Crippen LogP contribution in [-0.4, -0.2) is 15.0 Å². The van der Waals surface area contributed by atoms with Gasteiger partial charge in [0.15, 0.2) is 5.82 Å². The Balaban J connectivity index is 1.75. The topological polar surface area (TPSA) is 50.7 Å². The molecule has 2 aromatic heterocycles. The van der Waals surface area contributed by atoms with E-state index in [1.165, 1.54) is 5.56 Å². The molecule has 0 saturated carbocycles. The highest BCUT2D eigenvalue weighted by Gasteiger charge is 2.01. The Morgan fingerprint density at radius 3 is 2.45 bits per heavy atom. The summed E-state index contributed by atoms with van der Waals surface area (Å²) in [5.74, 6) is 1.54. The zero-order chi connectivity index (χ0) is 13.6. The molecular formula is C16H14N4. The molecule has 3 aromatic rings. The summed E-state index contributed by atoms with van der Waals surface area (Å²) in [6.07, 6.45) is 5.34. The standard InChI is InChI=1S/C16H14N4/c1-2-4-14(5-3-1)16-18-11-8-15(20-16)19-12-13-6-9-17-10-7-13/h1-11H,12H2,(H,18,19,20). The average molecular weight is 262 g/mol. The molecule has 0 unspecified atom stereocenters. The van der Waals surface area contributed by atoms with Gasteiger partial charge in [0.1, 0.15) is 5.82 Å². The van der Waals surface area contributed by atoms with Gasteiger partial charge in [-0.2, -0.15) is 0 Å². The van der Waals surface area contributed by atoms with Gasteiger partial charge in [0, 0.05) is 30.7 Å². The van der Waals surface area contributed by atoms with Crippen molar-refractivity contribution in [2.75, 3.05) is 5.32 Å². The molecule has 0 fully saturated rings. The quantitative estimate of drug-likeness (QED) is 0.784. The first-order valence-electron chi connectivity index (χ1n) is 6.43. The predicted octanol–water partition coefficient (Wildman–Crippen LogP) is 3.15. The van der Waals surface area contributed by atoms with Gasteiger partial charge in [-0.05, 0) is 23.8 Å². The van der Waals surface area contributed by atoms with Crippen LogP contribution in [0.3, 0.4) is 0 Å². The zero-order valence-corrected chi connectivity index (χ0v) is 10.9. The molecule has 0 aliphatic carbocycles. The number of aromatic nitrogens is 3. The lowest BCUT2D eigenvalue weighted by molar-refractivity contribution is 1.08. The summed E-state index contributed by atoms with van der Waals surface area (Å²) in [7, 11) is 0. The Hall–Kier alpha value is -2.75. The number of pyridine rings is 1. The van der Waals surface area contributed by atoms with Crippen molar-refractivity contribution in [1.29, 1.82) is 0 Å². The lowest BCUT2D eigenvalue weighted by Gasteiger charge is -2.07. The van der Waals surface area contributed by atoms with Crippen LogP contribution in [0.5, 0.6) is 0 Å². The minimum absolute atomic E-state index is 0.716. The number of hydrogen-bond acceptors (Lipinski definition) is 4. The molecule has 1 N–H and O–H groups in total. The third-order valence-electron chi connectivity index (χ3n) is 2.91. The maximum Gasteiger partial charge on any atom is 0.161 e. The van der Waals surface area contributed by atoms with E-state index in [1.54, 1.807) is 18.6 Å². The summed E-state index contributed by atoms with van der Waals surface area (Å²) in [5, 5.41) is 3.29. The van der Waals surface area contributed by atoms with Crippen LogP contribution in [0.4, 0.5) is 5.82 Å². The normalized spacial score (nSPS) is 10.2. The van der Waals surface area contributed by atoms with Crippen LogP contribution in [0.1, 0.15) is 5.56 Å². The average Bonchev–Trinajstić information content (AvgIpc) is 2.55. The van der Waals surface area contributed by atoms with E-state index in [9.17, 15) is 0 Å². The Labute approximate surface area is 117 Å². The van der Waals surface area contributed by atoms with Crippen LogP contribution in [-0.2, 0) is 6.54 Å². The van der Waals surface area contributed by atoms with Gasteiger partial charge in [0.2, 0.25) is 0 Å². The highest BCUT2D eigenvalue weighted by Crippen LogP contribution is 2.15. The van der Waals surface area contributed by atoms with E-state index >= 15 is 0 Å².